The fraction of sp³-hybridized carbons (Fsp3) is 0.167. The maximum Gasteiger partial charge on any atom is 0.129 e. The summed E-state index contributed by atoms with van der Waals surface area (Å²) in [5.74, 6) is 0.417. The lowest BCUT2D eigenvalue weighted by Gasteiger charge is -2.06. The molecule has 0 aliphatic carbocycles. The standard InChI is InChI=1S/C12H12FNO2/c13-10-3-4-12(14)9(6-10)7-15-8-11-2-1-5-16-11/h1-6H,7-8,14H2. The molecule has 4 heteroatoms. The van der Waals surface area contributed by atoms with Gasteiger partial charge in [-0.1, -0.05) is 0 Å². The number of anilines is 1. The van der Waals surface area contributed by atoms with Crippen LogP contribution >= 0.6 is 0 Å². The predicted octanol–water partition coefficient (Wildman–Crippen LogP) is 2.72. The third-order valence-electron chi connectivity index (χ3n) is 2.19. The summed E-state index contributed by atoms with van der Waals surface area (Å²) >= 11 is 0. The number of rotatable bonds is 4. The molecule has 0 unspecified atom stereocenters. The third-order valence-corrected chi connectivity index (χ3v) is 2.19. The highest BCUT2D eigenvalue weighted by Gasteiger charge is 2.02. The number of hydrogen-bond donors (Lipinski definition) is 1. The van der Waals surface area contributed by atoms with Crippen molar-refractivity contribution >= 4 is 5.69 Å². The highest BCUT2D eigenvalue weighted by atomic mass is 19.1. The van der Waals surface area contributed by atoms with E-state index < -0.39 is 0 Å². The van der Waals surface area contributed by atoms with Gasteiger partial charge in [-0.2, -0.15) is 0 Å². The lowest BCUT2D eigenvalue weighted by molar-refractivity contribution is 0.0931. The van der Waals surface area contributed by atoms with Crippen LogP contribution in [0.15, 0.2) is 41.0 Å². The van der Waals surface area contributed by atoms with Crippen LogP contribution in [0.3, 0.4) is 0 Å². The summed E-state index contributed by atoms with van der Waals surface area (Å²) in [7, 11) is 0. The number of halogens is 1. The molecule has 2 aromatic rings. The van der Waals surface area contributed by atoms with E-state index in [-0.39, 0.29) is 12.4 Å². The Balaban J connectivity index is 1.92. The summed E-state index contributed by atoms with van der Waals surface area (Å²) in [6, 6.07) is 7.83. The van der Waals surface area contributed by atoms with Crippen molar-refractivity contribution in [3.8, 4) is 0 Å². The number of furan rings is 1. The maximum atomic E-state index is 12.9. The van der Waals surface area contributed by atoms with Gasteiger partial charge in [-0.25, -0.2) is 4.39 Å². The van der Waals surface area contributed by atoms with Crippen molar-refractivity contribution in [2.45, 2.75) is 13.2 Å². The van der Waals surface area contributed by atoms with E-state index in [2.05, 4.69) is 0 Å². The molecule has 2 N–H and O–H groups in total. The van der Waals surface area contributed by atoms with Crippen LogP contribution in [-0.2, 0) is 18.0 Å². The average Bonchev–Trinajstić information content (AvgIpc) is 2.76. The van der Waals surface area contributed by atoms with E-state index in [0.717, 1.165) is 5.76 Å². The first-order chi connectivity index (χ1) is 7.75. The second-order valence-corrected chi connectivity index (χ2v) is 3.42. The van der Waals surface area contributed by atoms with E-state index >= 15 is 0 Å². The summed E-state index contributed by atoms with van der Waals surface area (Å²) in [5.41, 5.74) is 6.85. The third kappa shape index (κ3) is 2.61. The molecule has 0 amide bonds. The summed E-state index contributed by atoms with van der Waals surface area (Å²) in [6.07, 6.45) is 1.58. The fourth-order valence-electron chi connectivity index (χ4n) is 1.36. The molecule has 0 spiro atoms. The zero-order valence-corrected chi connectivity index (χ0v) is 8.65. The molecule has 0 saturated heterocycles. The smallest absolute Gasteiger partial charge is 0.129 e. The van der Waals surface area contributed by atoms with Gasteiger partial charge in [-0.05, 0) is 30.3 Å². The molecule has 0 fully saturated rings. The first kappa shape index (κ1) is 10.7. The van der Waals surface area contributed by atoms with E-state index in [1.165, 1.54) is 18.2 Å². The Kier molecular flexibility index (Phi) is 3.22. The number of hydrogen-bond acceptors (Lipinski definition) is 3. The topological polar surface area (TPSA) is 48.4 Å². The summed E-state index contributed by atoms with van der Waals surface area (Å²) < 4.78 is 23.4. The van der Waals surface area contributed by atoms with Crippen LogP contribution < -0.4 is 5.73 Å². The molecule has 2 rings (SSSR count). The Hall–Kier alpha value is -1.81. The Morgan fingerprint density at radius 3 is 2.88 bits per heavy atom. The zero-order valence-electron chi connectivity index (χ0n) is 8.65. The summed E-state index contributed by atoms with van der Waals surface area (Å²) in [5, 5.41) is 0. The largest absolute Gasteiger partial charge is 0.467 e. The van der Waals surface area contributed by atoms with Crippen LogP contribution in [0.2, 0.25) is 0 Å². The van der Waals surface area contributed by atoms with E-state index in [1.54, 1.807) is 12.3 Å². The van der Waals surface area contributed by atoms with Crippen LogP contribution in [0.1, 0.15) is 11.3 Å². The first-order valence-corrected chi connectivity index (χ1v) is 4.90. The minimum Gasteiger partial charge on any atom is -0.467 e. The minimum absolute atomic E-state index is 0.268. The van der Waals surface area contributed by atoms with Crippen molar-refractivity contribution in [2.24, 2.45) is 0 Å². The summed E-state index contributed by atoms with van der Waals surface area (Å²) in [6.45, 7) is 0.618. The lowest BCUT2D eigenvalue weighted by atomic mass is 10.2. The maximum absolute atomic E-state index is 12.9. The monoisotopic (exact) mass is 221 g/mol. The van der Waals surface area contributed by atoms with Gasteiger partial charge in [0, 0.05) is 11.3 Å². The van der Waals surface area contributed by atoms with Crippen molar-refractivity contribution in [3.05, 3.63) is 53.7 Å². The van der Waals surface area contributed by atoms with Crippen molar-refractivity contribution in [3.63, 3.8) is 0 Å². The lowest BCUT2D eigenvalue weighted by Crippen LogP contribution is -1.98. The van der Waals surface area contributed by atoms with Gasteiger partial charge in [0.1, 0.15) is 18.2 Å². The van der Waals surface area contributed by atoms with Gasteiger partial charge in [0.2, 0.25) is 0 Å². The Labute approximate surface area is 92.6 Å². The van der Waals surface area contributed by atoms with Crippen LogP contribution in [0.4, 0.5) is 10.1 Å². The molecule has 0 atom stereocenters. The second-order valence-electron chi connectivity index (χ2n) is 3.42. The van der Waals surface area contributed by atoms with Crippen LogP contribution in [0, 0.1) is 5.82 Å². The van der Waals surface area contributed by atoms with Gasteiger partial charge >= 0.3 is 0 Å². The van der Waals surface area contributed by atoms with Crippen molar-refractivity contribution in [1.29, 1.82) is 0 Å². The van der Waals surface area contributed by atoms with Crippen LogP contribution in [0.5, 0.6) is 0 Å². The number of benzene rings is 1. The molecule has 0 saturated carbocycles. The van der Waals surface area contributed by atoms with Crippen molar-refractivity contribution in [2.75, 3.05) is 5.73 Å². The molecule has 84 valence electrons. The Morgan fingerprint density at radius 2 is 2.12 bits per heavy atom. The predicted molar refractivity (Wildman–Crippen MR) is 58.0 cm³/mol. The van der Waals surface area contributed by atoms with Gasteiger partial charge < -0.3 is 14.9 Å². The van der Waals surface area contributed by atoms with Gasteiger partial charge in [0.25, 0.3) is 0 Å². The van der Waals surface area contributed by atoms with Crippen molar-refractivity contribution < 1.29 is 13.5 Å². The van der Waals surface area contributed by atoms with Gasteiger partial charge in [0.05, 0.1) is 12.9 Å². The van der Waals surface area contributed by atoms with Gasteiger partial charge in [-0.15, -0.1) is 0 Å². The molecule has 1 aromatic carbocycles. The quantitative estimate of drug-likeness (QED) is 0.807. The zero-order chi connectivity index (χ0) is 11.4. The molecule has 0 aliphatic rings. The number of nitrogens with two attached hydrogens (primary N) is 1. The van der Waals surface area contributed by atoms with E-state index in [0.29, 0.717) is 17.9 Å². The highest BCUT2D eigenvalue weighted by molar-refractivity contribution is 5.46. The fourth-order valence-corrected chi connectivity index (χ4v) is 1.36. The van der Waals surface area contributed by atoms with Crippen LogP contribution in [0.25, 0.3) is 0 Å². The normalized spacial score (nSPS) is 10.6. The molecule has 1 heterocycles. The molecule has 0 aliphatic heterocycles. The van der Waals surface area contributed by atoms with Gasteiger partial charge in [-0.3, -0.25) is 0 Å². The molecule has 3 nitrogen and oxygen atoms in total. The molecule has 16 heavy (non-hydrogen) atoms. The molecule has 0 radical (unpaired) electrons. The Morgan fingerprint density at radius 1 is 1.25 bits per heavy atom. The minimum atomic E-state index is -0.314. The number of nitrogen functional groups attached to an aromatic ring is 1. The number of ether oxygens (including phenoxy) is 1. The highest BCUT2D eigenvalue weighted by Crippen LogP contribution is 2.15. The SMILES string of the molecule is Nc1ccc(F)cc1COCc1ccco1. The second kappa shape index (κ2) is 4.81. The van der Waals surface area contributed by atoms with E-state index in [4.69, 9.17) is 14.9 Å². The molecule has 1 aromatic heterocycles. The van der Waals surface area contributed by atoms with Crippen LogP contribution in [-0.4, -0.2) is 0 Å². The van der Waals surface area contributed by atoms with E-state index in [9.17, 15) is 4.39 Å². The first-order valence-electron chi connectivity index (χ1n) is 4.90. The van der Waals surface area contributed by atoms with E-state index in [1.807, 2.05) is 6.07 Å². The van der Waals surface area contributed by atoms with Crippen molar-refractivity contribution in [1.82, 2.24) is 0 Å². The summed E-state index contributed by atoms with van der Waals surface area (Å²) in [4.78, 5) is 0. The molecular weight excluding hydrogens is 209 g/mol. The average molecular weight is 221 g/mol. The van der Waals surface area contributed by atoms with Gasteiger partial charge in [0.15, 0.2) is 0 Å². The molecule has 0 bridgehead atoms. The molecular formula is C12H12FNO2. The Bertz CT molecular complexity index is 454.